The van der Waals surface area contributed by atoms with Gasteiger partial charge >= 0.3 is 5.69 Å². The highest BCUT2D eigenvalue weighted by Crippen LogP contribution is 2.17. The summed E-state index contributed by atoms with van der Waals surface area (Å²) >= 11 is 0. The van der Waals surface area contributed by atoms with Crippen molar-refractivity contribution in [1.29, 1.82) is 5.41 Å². The number of hydrogen-bond donors (Lipinski definition) is 4. The van der Waals surface area contributed by atoms with Crippen LogP contribution in [0.3, 0.4) is 0 Å². The molecule has 8 heteroatoms. The van der Waals surface area contributed by atoms with Crippen LogP contribution < -0.4 is 16.7 Å². The molecule has 2 aromatic heterocycles. The maximum absolute atomic E-state index is 12.4. The molecule has 1 aliphatic rings. The first-order chi connectivity index (χ1) is 13.5. The summed E-state index contributed by atoms with van der Waals surface area (Å²) in [5, 5.41) is 11.3. The number of nitrogens with one attached hydrogen (secondary N) is 3. The quantitative estimate of drug-likeness (QED) is 0.394. The molecule has 146 valence electrons. The zero-order valence-electron chi connectivity index (χ0n) is 15.9. The molecule has 28 heavy (non-hydrogen) atoms. The van der Waals surface area contributed by atoms with Gasteiger partial charge in [-0.2, -0.15) is 4.98 Å². The van der Waals surface area contributed by atoms with Crippen molar-refractivity contribution in [2.75, 3.05) is 13.1 Å². The number of fused-ring (bicyclic) bond motifs is 1. The Balaban J connectivity index is 1.49. The SMILES string of the molecule is CCc1cc2cn(-c3ccc(CN4CC[C@@H](NC(=N)N)C4)cc3)c(=O)nc2[nH]1. The third-order valence-corrected chi connectivity index (χ3v) is 5.20. The summed E-state index contributed by atoms with van der Waals surface area (Å²) in [5.41, 5.74) is 8.82. The molecule has 0 unspecified atom stereocenters. The summed E-state index contributed by atoms with van der Waals surface area (Å²) < 4.78 is 1.59. The van der Waals surface area contributed by atoms with Crippen LogP contribution in [0, 0.1) is 5.41 Å². The molecule has 1 aromatic carbocycles. The third-order valence-electron chi connectivity index (χ3n) is 5.20. The van der Waals surface area contributed by atoms with Crippen molar-refractivity contribution < 1.29 is 0 Å². The van der Waals surface area contributed by atoms with E-state index < -0.39 is 0 Å². The molecule has 3 heterocycles. The smallest absolute Gasteiger partial charge is 0.354 e. The number of aromatic amines is 1. The molecule has 0 spiro atoms. The minimum absolute atomic E-state index is 0.0284. The van der Waals surface area contributed by atoms with Crippen LogP contribution >= 0.6 is 0 Å². The van der Waals surface area contributed by atoms with Gasteiger partial charge in [-0.1, -0.05) is 19.1 Å². The molecule has 5 N–H and O–H groups in total. The van der Waals surface area contributed by atoms with Crippen LogP contribution in [-0.2, 0) is 13.0 Å². The lowest BCUT2D eigenvalue weighted by Crippen LogP contribution is -2.40. The van der Waals surface area contributed by atoms with E-state index in [1.54, 1.807) is 4.57 Å². The number of likely N-dealkylation sites (tertiary alicyclic amines) is 1. The highest BCUT2D eigenvalue weighted by molar-refractivity contribution is 5.75. The minimum atomic E-state index is -0.289. The van der Waals surface area contributed by atoms with Crippen molar-refractivity contribution in [3.63, 3.8) is 0 Å². The lowest BCUT2D eigenvalue weighted by atomic mass is 10.2. The van der Waals surface area contributed by atoms with E-state index in [0.29, 0.717) is 5.65 Å². The van der Waals surface area contributed by atoms with Crippen molar-refractivity contribution in [3.8, 4) is 5.69 Å². The van der Waals surface area contributed by atoms with Gasteiger partial charge in [0.2, 0.25) is 0 Å². The first kappa shape index (κ1) is 18.2. The van der Waals surface area contributed by atoms with Crippen molar-refractivity contribution >= 4 is 17.0 Å². The van der Waals surface area contributed by atoms with Gasteiger partial charge in [0, 0.05) is 43.0 Å². The van der Waals surface area contributed by atoms with Gasteiger partial charge in [0.25, 0.3) is 0 Å². The third kappa shape index (κ3) is 3.77. The lowest BCUT2D eigenvalue weighted by molar-refractivity contribution is 0.324. The maximum Gasteiger partial charge on any atom is 0.354 e. The van der Waals surface area contributed by atoms with Crippen LogP contribution in [0.1, 0.15) is 24.6 Å². The maximum atomic E-state index is 12.4. The molecule has 1 aliphatic heterocycles. The number of nitrogens with zero attached hydrogens (tertiary/aromatic N) is 3. The van der Waals surface area contributed by atoms with Crippen LogP contribution in [-0.4, -0.2) is 44.5 Å². The molecule has 3 aromatic rings. The molecular weight excluding hydrogens is 354 g/mol. The Bertz CT molecular complexity index is 1050. The van der Waals surface area contributed by atoms with Gasteiger partial charge in [0.15, 0.2) is 5.96 Å². The topological polar surface area (TPSA) is 116 Å². The zero-order chi connectivity index (χ0) is 19.7. The van der Waals surface area contributed by atoms with Gasteiger partial charge in [-0.05, 0) is 36.6 Å². The minimum Gasteiger partial charge on any atom is -0.370 e. The monoisotopic (exact) mass is 379 g/mol. The Labute approximate surface area is 162 Å². The van der Waals surface area contributed by atoms with E-state index in [9.17, 15) is 4.79 Å². The van der Waals surface area contributed by atoms with Gasteiger partial charge in [-0.15, -0.1) is 0 Å². The first-order valence-electron chi connectivity index (χ1n) is 9.55. The van der Waals surface area contributed by atoms with E-state index in [-0.39, 0.29) is 17.7 Å². The van der Waals surface area contributed by atoms with Gasteiger partial charge in [-0.3, -0.25) is 14.9 Å². The fourth-order valence-corrected chi connectivity index (χ4v) is 3.76. The van der Waals surface area contributed by atoms with Crippen LogP contribution in [0.4, 0.5) is 0 Å². The van der Waals surface area contributed by atoms with Crippen molar-refractivity contribution in [2.24, 2.45) is 5.73 Å². The molecule has 0 saturated carbocycles. The molecule has 4 rings (SSSR count). The van der Waals surface area contributed by atoms with Crippen molar-refractivity contribution in [1.82, 2.24) is 24.8 Å². The summed E-state index contributed by atoms with van der Waals surface area (Å²) in [6.45, 7) is 4.74. The molecular formula is C20H25N7O. The normalized spacial score (nSPS) is 17.2. The fraction of sp³-hybridized carbons (Fsp3) is 0.350. The van der Waals surface area contributed by atoms with Crippen LogP contribution in [0.15, 0.2) is 41.3 Å². The number of hydrogen-bond acceptors (Lipinski definition) is 4. The Morgan fingerprint density at radius 2 is 2.18 bits per heavy atom. The fourth-order valence-electron chi connectivity index (χ4n) is 3.76. The lowest BCUT2D eigenvalue weighted by Gasteiger charge is -2.17. The molecule has 0 aliphatic carbocycles. The largest absolute Gasteiger partial charge is 0.370 e. The summed E-state index contributed by atoms with van der Waals surface area (Å²) in [6.07, 6.45) is 3.70. The number of H-pyrrole nitrogens is 1. The van der Waals surface area contributed by atoms with Gasteiger partial charge in [0.05, 0.1) is 5.69 Å². The zero-order valence-corrected chi connectivity index (χ0v) is 15.9. The Hall–Kier alpha value is -3.13. The van der Waals surface area contributed by atoms with E-state index in [0.717, 1.165) is 49.2 Å². The van der Waals surface area contributed by atoms with Gasteiger partial charge < -0.3 is 16.0 Å². The molecule has 0 amide bonds. The second-order valence-electron chi connectivity index (χ2n) is 7.29. The Kier molecular flexibility index (Phi) is 4.87. The number of aromatic nitrogens is 3. The van der Waals surface area contributed by atoms with Crippen LogP contribution in [0.2, 0.25) is 0 Å². The summed E-state index contributed by atoms with van der Waals surface area (Å²) in [6, 6.07) is 10.3. The van der Waals surface area contributed by atoms with E-state index in [2.05, 4.69) is 27.1 Å². The predicted octanol–water partition coefficient (Wildman–Crippen LogP) is 1.33. The van der Waals surface area contributed by atoms with E-state index in [4.69, 9.17) is 11.1 Å². The average molecular weight is 379 g/mol. The number of benzene rings is 1. The molecule has 1 fully saturated rings. The number of rotatable bonds is 5. The highest BCUT2D eigenvalue weighted by atomic mass is 16.1. The van der Waals surface area contributed by atoms with Gasteiger partial charge in [-0.25, -0.2) is 4.79 Å². The van der Waals surface area contributed by atoms with Crippen molar-refractivity contribution in [2.45, 2.75) is 32.4 Å². The molecule has 8 nitrogen and oxygen atoms in total. The number of nitrogens with two attached hydrogens (primary N) is 1. The Morgan fingerprint density at radius 1 is 1.39 bits per heavy atom. The predicted molar refractivity (Wildman–Crippen MR) is 110 cm³/mol. The molecule has 1 saturated heterocycles. The number of aryl methyl sites for hydroxylation is 1. The first-order valence-corrected chi connectivity index (χ1v) is 9.55. The van der Waals surface area contributed by atoms with Crippen molar-refractivity contribution in [3.05, 3.63) is 58.3 Å². The van der Waals surface area contributed by atoms with Crippen LogP contribution in [0.5, 0.6) is 0 Å². The molecule has 0 radical (unpaired) electrons. The summed E-state index contributed by atoms with van der Waals surface area (Å²) in [7, 11) is 0. The second-order valence-corrected chi connectivity index (χ2v) is 7.29. The molecule has 1 atom stereocenters. The van der Waals surface area contributed by atoms with E-state index >= 15 is 0 Å². The van der Waals surface area contributed by atoms with E-state index in [1.165, 1.54) is 5.56 Å². The highest BCUT2D eigenvalue weighted by Gasteiger charge is 2.22. The number of guanidine groups is 1. The Morgan fingerprint density at radius 3 is 2.89 bits per heavy atom. The molecule has 0 bridgehead atoms. The average Bonchev–Trinajstić information content (AvgIpc) is 3.27. The second kappa shape index (κ2) is 7.47. The summed E-state index contributed by atoms with van der Waals surface area (Å²) in [4.78, 5) is 22.1. The summed E-state index contributed by atoms with van der Waals surface area (Å²) in [5.74, 6) is 0.0284. The van der Waals surface area contributed by atoms with Crippen LogP contribution in [0.25, 0.3) is 16.7 Å². The standard InChI is InChI=1S/C20H25N7O/c1-2-15-9-14-11-27(20(28)25-18(14)23-15)17-5-3-13(4-6-17)10-26-8-7-16(12-26)24-19(21)22/h3-6,9,11,16H,2,7-8,10,12H2,1H3,(H4,21,22,24)(H,23,25,28)/t16-/m1/s1. The van der Waals surface area contributed by atoms with Gasteiger partial charge in [0.1, 0.15) is 5.65 Å². The van der Waals surface area contributed by atoms with E-state index in [1.807, 2.05) is 36.5 Å².